The van der Waals surface area contributed by atoms with Gasteiger partial charge in [0.2, 0.25) is 0 Å². The van der Waals surface area contributed by atoms with Crippen LogP contribution in [0.2, 0.25) is 0 Å². The third kappa shape index (κ3) is 4.31. The van der Waals surface area contributed by atoms with Gasteiger partial charge in [-0.2, -0.15) is 0 Å². The van der Waals surface area contributed by atoms with Crippen LogP contribution in [0.4, 0.5) is 5.69 Å². The van der Waals surface area contributed by atoms with E-state index in [1.807, 2.05) is 0 Å². The zero-order valence-electron chi connectivity index (χ0n) is 16.0. The van der Waals surface area contributed by atoms with Crippen LogP contribution in [0, 0.1) is 19.8 Å². The van der Waals surface area contributed by atoms with Crippen LogP contribution in [0.3, 0.4) is 0 Å². The van der Waals surface area contributed by atoms with Gasteiger partial charge in [0, 0.05) is 45.5 Å². The maximum absolute atomic E-state index is 11.6. The van der Waals surface area contributed by atoms with Gasteiger partial charge in [-0.1, -0.05) is 12.1 Å². The molecule has 0 bridgehead atoms. The molecule has 3 rings (SSSR count). The van der Waals surface area contributed by atoms with Gasteiger partial charge in [-0.15, -0.1) is 0 Å². The monoisotopic (exact) mass is 378 g/mol. The fourth-order valence-corrected chi connectivity index (χ4v) is 5.70. The Morgan fingerprint density at radius 2 is 1.96 bits per heavy atom. The lowest BCUT2D eigenvalue weighted by atomic mass is 10.1. The van der Waals surface area contributed by atoms with Crippen molar-refractivity contribution >= 4 is 21.5 Å². The molecule has 7 heteroatoms. The fraction of sp³-hybridized carbons (Fsp3) is 0.632. The summed E-state index contributed by atoms with van der Waals surface area (Å²) in [6.07, 6.45) is 0.757. The van der Waals surface area contributed by atoms with Crippen LogP contribution in [-0.4, -0.2) is 70.6 Å². The smallest absolute Gasteiger partial charge is 0.193 e. The molecule has 1 unspecified atom stereocenters. The number of aryl methyl sites for hydroxylation is 1. The summed E-state index contributed by atoms with van der Waals surface area (Å²) in [5.74, 6) is 1.71. The number of hydrogen-bond donors (Lipinski definition) is 1. The van der Waals surface area contributed by atoms with Crippen molar-refractivity contribution in [1.29, 1.82) is 0 Å². The molecular formula is C19H30N4O2S. The number of rotatable bonds is 3. The third-order valence-corrected chi connectivity index (χ3v) is 7.42. The summed E-state index contributed by atoms with van der Waals surface area (Å²) >= 11 is 0. The van der Waals surface area contributed by atoms with Gasteiger partial charge in [0.15, 0.2) is 15.8 Å². The highest BCUT2D eigenvalue weighted by atomic mass is 32.2. The summed E-state index contributed by atoms with van der Waals surface area (Å²) < 4.78 is 23.2. The first-order valence-electron chi connectivity index (χ1n) is 9.37. The van der Waals surface area contributed by atoms with Crippen LogP contribution in [-0.2, 0) is 9.84 Å². The third-order valence-electron chi connectivity index (χ3n) is 5.58. The van der Waals surface area contributed by atoms with E-state index >= 15 is 0 Å². The second kappa shape index (κ2) is 7.86. The Morgan fingerprint density at radius 1 is 1.23 bits per heavy atom. The lowest BCUT2D eigenvalue weighted by Crippen LogP contribution is -2.53. The molecule has 2 heterocycles. The summed E-state index contributed by atoms with van der Waals surface area (Å²) in [6, 6.07) is 6.48. The lowest BCUT2D eigenvalue weighted by molar-refractivity contribution is 0.369. The van der Waals surface area contributed by atoms with Crippen molar-refractivity contribution in [2.24, 2.45) is 10.9 Å². The maximum atomic E-state index is 11.6. The molecule has 0 aromatic heterocycles. The molecule has 2 saturated heterocycles. The van der Waals surface area contributed by atoms with E-state index in [1.165, 1.54) is 16.8 Å². The van der Waals surface area contributed by atoms with E-state index in [1.54, 1.807) is 7.05 Å². The molecule has 2 aliphatic rings. The van der Waals surface area contributed by atoms with E-state index in [9.17, 15) is 8.42 Å². The SMILES string of the molecule is CN=C(NCC1CCS(=O)(=O)C1)N1CCN(c2cccc(C)c2C)CC1. The molecule has 0 amide bonds. The van der Waals surface area contributed by atoms with Crippen LogP contribution in [0.25, 0.3) is 0 Å². The first kappa shape index (κ1) is 19.0. The second-order valence-electron chi connectivity index (χ2n) is 7.39. The normalized spacial score (nSPS) is 23.3. The number of piperazine rings is 1. The fourth-order valence-electron chi connectivity index (χ4n) is 3.84. The van der Waals surface area contributed by atoms with Gasteiger partial charge in [-0.05, 0) is 43.4 Å². The van der Waals surface area contributed by atoms with Crippen LogP contribution in [0.5, 0.6) is 0 Å². The summed E-state index contributed by atoms with van der Waals surface area (Å²) in [6.45, 7) is 8.78. The number of nitrogens with zero attached hydrogens (tertiary/aromatic N) is 3. The molecule has 0 radical (unpaired) electrons. The first-order chi connectivity index (χ1) is 12.4. The summed E-state index contributed by atoms with van der Waals surface area (Å²) in [5.41, 5.74) is 4.00. The van der Waals surface area contributed by atoms with Gasteiger partial charge in [-0.3, -0.25) is 4.99 Å². The van der Waals surface area contributed by atoms with Gasteiger partial charge in [0.25, 0.3) is 0 Å². The topological polar surface area (TPSA) is 65.0 Å². The molecule has 0 saturated carbocycles. The quantitative estimate of drug-likeness (QED) is 0.637. The van der Waals surface area contributed by atoms with Crippen LogP contribution < -0.4 is 10.2 Å². The van der Waals surface area contributed by atoms with Crippen molar-refractivity contribution in [2.45, 2.75) is 20.3 Å². The van der Waals surface area contributed by atoms with E-state index in [2.05, 4.69) is 52.2 Å². The van der Waals surface area contributed by atoms with Gasteiger partial charge in [0.1, 0.15) is 0 Å². The first-order valence-corrected chi connectivity index (χ1v) is 11.2. The van der Waals surface area contributed by atoms with E-state index in [0.717, 1.165) is 38.6 Å². The van der Waals surface area contributed by atoms with Gasteiger partial charge in [0.05, 0.1) is 11.5 Å². The predicted octanol–water partition coefficient (Wildman–Crippen LogP) is 1.44. The minimum atomic E-state index is -2.82. The molecule has 1 aromatic carbocycles. The van der Waals surface area contributed by atoms with Crippen molar-refractivity contribution in [1.82, 2.24) is 10.2 Å². The zero-order valence-corrected chi connectivity index (χ0v) is 16.8. The minimum absolute atomic E-state index is 0.202. The van der Waals surface area contributed by atoms with Crippen LogP contribution >= 0.6 is 0 Å². The number of anilines is 1. The molecule has 6 nitrogen and oxygen atoms in total. The van der Waals surface area contributed by atoms with Gasteiger partial charge < -0.3 is 15.1 Å². The standard InChI is InChI=1S/C19H30N4O2S/c1-15-5-4-6-18(16(15)2)22-8-10-23(11-9-22)19(20-3)21-13-17-7-12-26(24,25)14-17/h4-6,17H,7-14H2,1-3H3,(H,20,21). The number of aliphatic imine (C=N–C) groups is 1. The van der Waals surface area contributed by atoms with E-state index in [4.69, 9.17) is 0 Å². The lowest BCUT2D eigenvalue weighted by Gasteiger charge is -2.38. The molecule has 0 spiro atoms. The highest BCUT2D eigenvalue weighted by molar-refractivity contribution is 7.91. The highest BCUT2D eigenvalue weighted by Crippen LogP contribution is 2.24. The highest BCUT2D eigenvalue weighted by Gasteiger charge is 2.28. The van der Waals surface area contributed by atoms with Gasteiger partial charge >= 0.3 is 0 Å². The molecule has 144 valence electrons. The Balaban J connectivity index is 1.54. The molecule has 0 aliphatic carbocycles. The second-order valence-corrected chi connectivity index (χ2v) is 9.62. The molecule has 1 atom stereocenters. The number of benzene rings is 1. The summed E-state index contributed by atoms with van der Waals surface area (Å²) in [4.78, 5) is 9.11. The van der Waals surface area contributed by atoms with Gasteiger partial charge in [-0.25, -0.2) is 8.42 Å². The Bertz CT molecular complexity index is 768. The van der Waals surface area contributed by atoms with Crippen molar-refractivity contribution in [3.05, 3.63) is 29.3 Å². The molecule has 1 N–H and O–H groups in total. The molecule has 1 aromatic rings. The van der Waals surface area contributed by atoms with E-state index in [-0.39, 0.29) is 5.92 Å². The van der Waals surface area contributed by atoms with Crippen molar-refractivity contribution in [3.8, 4) is 0 Å². The number of nitrogens with one attached hydrogen (secondary N) is 1. The van der Waals surface area contributed by atoms with Crippen molar-refractivity contribution in [2.75, 3.05) is 56.2 Å². The molecule has 2 aliphatic heterocycles. The molecule has 2 fully saturated rings. The zero-order chi connectivity index (χ0) is 18.7. The van der Waals surface area contributed by atoms with E-state index in [0.29, 0.717) is 18.1 Å². The largest absolute Gasteiger partial charge is 0.368 e. The Kier molecular flexibility index (Phi) is 5.75. The predicted molar refractivity (Wildman–Crippen MR) is 108 cm³/mol. The Morgan fingerprint density at radius 3 is 2.58 bits per heavy atom. The molecular weight excluding hydrogens is 348 g/mol. The average molecular weight is 379 g/mol. The number of hydrogen-bond acceptors (Lipinski definition) is 4. The molecule has 26 heavy (non-hydrogen) atoms. The van der Waals surface area contributed by atoms with Crippen LogP contribution in [0.1, 0.15) is 17.5 Å². The summed E-state index contributed by atoms with van der Waals surface area (Å²) in [7, 11) is -1.02. The number of guanidine groups is 1. The van der Waals surface area contributed by atoms with Crippen molar-refractivity contribution < 1.29 is 8.42 Å². The minimum Gasteiger partial charge on any atom is -0.368 e. The Hall–Kier alpha value is -1.76. The average Bonchev–Trinajstić information content (AvgIpc) is 2.97. The number of sulfone groups is 1. The van der Waals surface area contributed by atoms with Crippen molar-refractivity contribution in [3.63, 3.8) is 0 Å². The Labute approximate surface area is 157 Å². The maximum Gasteiger partial charge on any atom is 0.193 e. The summed E-state index contributed by atoms with van der Waals surface area (Å²) in [5, 5.41) is 3.39. The van der Waals surface area contributed by atoms with E-state index < -0.39 is 9.84 Å². The van der Waals surface area contributed by atoms with Crippen LogP contribution in [0.15, 0.2) is 23.2 Å².